The molecule has 3 aromatic rings. The lowest BCUT2D eigenvalue weighted by Gasteiger charge is -2.08. The zero-order valence-corrected chi connectivity index (χ0v) is 12.7. The summed E-state index contributed by atoms with van der Waals surface area (Å²) in [6.07, 6.45) is 1.45. The molecule has 0 saturated carbocycles. The van der Waals surface area contributed by atoms with Gasteiger partial charge in [-0.2, -0.15) is 0 Å². The third-order valence-corrected chi connectivity index (χ3v) is 3.40. The van der Waals surface area contributed by atoms with Gasteiger partial charge in [-0.3, -0.25) is 4.79 Å². The van der Waals surface area contributed by atoms with Crippen molar-refractivity contribution in [3.05, 3.63) is 71.9 Å². The van der Waals surface area contributed by atoms with Crippen LogP contribution in [0, 0.1) is 6.92 Å². The minimum Gasteiger partial charge on any atom is -0.383 e. The summed E-state index contributed by atoms with van der Waals surface area (Å²) < 4.78 is 0. The smallest absolute Gasteiger partial charge is 0.260 e. The van der Waals surface area contributed by atoms with E-state index in [4.69, 9.17) is 5.73 Å². The van der Waals surface area contributed by atoms with Crippen molar-refractivity contribution in [3.8, 4) is 11.4 Å². The maximum Gasteiger partial charge on any atom is 0.260 e. The minimum absolute atomic E-state index is 0.156. The maximum atomic E-state index is 12.3. The topological polar surface area (TPSA) is 80.9 Å². The summed E-state index contributed by atoms with van der Waals surface area (Å²) >= 11 is 0. The number of nitrogens with one attached hydrogen (secondary N) is 1. The van der Waals surface area contributed by atoms with E-state index in [1.165, 1.54) is 6.20 Å². The summed E-state index contributed by atoms with van der Waals surface area (Å²) in [4.78, 5) is 20.8. The first-order chi connectivity index (χ1) is 11.1. The van der Waals surface area contributed by atoms with Gasteiger partial charge in [-0.05, 0) is 19.1 Å². The average Bonchev–Trinajstić information content (AvgIpc) is 2.57. The molecule has 0 fully saturated rings. The SMILES string of the molecule is Cc1ccc(NC(=O)c2cnc(-c3ccccc3)nc2N)cc1. The monoisotopic (exact) mass is 304 g/mol. The highest BCUT2D eigenvalue weighted by atomic mass is 16.1. The van der Waals surface area contributed by atoms with Crippen molar-refractivity contribution in [1.82, 2.24) is 9.97 Å². The predicted octanol–water partition coefficient (Wildman–Crippen LogP) is 3.29. The van der Waals surface area contributed by atoms with Gasteiger partial charge < -0.3 is 11.1 Å². The number of amides is 1. The number of carbonyl (C=O) groups excluding carboxylic acids is 1. The number of rotatable bonds is 3. The number of anilines is 2. The van der Waals surface area contributed by atoms with Crippen LogP contribution in [0.25, 0.3) is 11.4 Å². The van der Waals surface area contributed by atoms with Crippen LogP contribution < -0.4 is 11.1 Å². The quantitative estimate of drug-likeness (QED) is 0.778. The Morgan fingerprint density at radius 2 is 1.74 bits per heavy atom. The molecule has 0 aliphatic carbocycles. The van der Waals surface area contributed by atoms with Crippen molar-refractivity contribution < 1.29 is 4.79 Å². The highest BCUT2D eigenvalue weighted by molar-refractivity contribution is 6.07. The first-order valence-electron chi connectivity index (χ1n) is 7.19. The average molecular weight is 304 g/mol. The van der Waals surface area contributed by atoms with Crippen LogP contribution in [0.4, 0.5) is 11.5 Å². The molecule has 0 spiro atoms. The van der Waals surface area contributed by atoms with Crippen LogP contribution in [-0.2, 0) is 0 Å². The molecule has 3 rings (SSSR count). The van der Waals surface area contributed by atoms with Crippen molar-refractivity contribution in [2.24, 2.45) is 0 Å². The normalized spacial score (nSPS) is 10.3. The zero-order chi connectivity index (χ0) is 16.2. The Labute approximate surface area is 134 Å². The van der Waals surface area contributed by atoms with Gasteiger partial charge in [0.25, 0.3) is 5.91 Å². The second kappa shape index (κ2) is 6.27. The number of aromatic nitrogens is 2. The van der Waals surface area contributed by atoms with E-state index in [2.05, 4.69) is 15.3 Å². The largest absolute Gasteiger partial charge is 0.383 e. The fourth-order valence-corrected chi connectivity index (χ4v) is 2.13. The Kier molecular flexibility index (Phi) is 4.01. The van der Waals surface area contributed by atoms with Gasteiger partial charge in [0.05, 0.1) is 0 Å². The Balaban J connectivity index is 1.83. The molecule has 0 atom stereocenters. The van der Waals surface area contributed by atoms with E-state index in [0.717, 1.165) is 11.1 Å². The second-order valence-corrected chi connectivity index (χ2v) is 5.18. The van der Waals surface area contributed by atoms with E-state index in [0.29, 0.717) is 11.5 Å². The van der Waals surface area contributed by atoms with Gasteiger partial charge in [0.1, 0.15) is 11.4 Å². The van der Waals surface area contributed by atoms with Gasteiger partial charge in [0.2, 0.25) is 0 Å². The van der Waals surface area contributed by atoms with E-state index in [1.807, 2.05) is 61.5 Å². The Bertz CT molecular complexity index is 829. The van der Waals surface area contributed by atoms with E-state index in [-0.39, 0.29) is 17.3 Å². The molecule has 1 amide bonds. The Hall–Kier alpha value is -3.21. The van der Waals surface area contributed by atoms with Crippen LogP contribution in [0.3, 0.4) is 0 Å². The molecule has 0 unspecified atom stereocenters. The van der Waals surface area contributed by atoms with Crippen molar-refractivity contribution in [2.75, 3.05) is 11.1 Å². The van der Waals surface area contributed by atoms with Crippen LogP contribution in [-0.4, -0.2) is 15.9 Å². The second-order valence-electron chi connectivity index (χ2n) is 5.18. The van der Waals surface area contributed by atoms with Crippen molar-refractivity contribution in [1.29, 1.82) is 0 Å². The van der Waals surface area contributed by atoms with Crippen LogP contribution >= 0.6 is 0 Å². The molecule has 0 aliphatic rings. The number of hydrogen-bond acceptors (Lipinski definition) is 4. The van der Waals surface area contributed by atoms with Gasteiger partial charge >= 0.3 is 0 Å². The summed E-state index contributed by atoms with van der Waals surface area (Å²) in [5.74, 6) is 0.324. The first kappa shape index (κ1) is 14.7. The lowest BCUT2D eigenvalue weighted by molar-refractivity contribution is 0.102. The molecule has 1 heterocycles. The van der Waals surface area contributed by atoms with Crippen molar-refractivity contribution in [3.63, 3.8) is 0 Å². The van der Waals surface area contributed by atoms with Crippen LogP contribution in [0.1, 0.15) is 15.9 Å². The standard InChI is InChI=1S/C18H16N4O/c1-12-7-9-14(10-8-12)21-18(23)15-11-20-17(22-16(15)19)13-5-3-2-4-6-13/h2-11H,1H3,(H,21,23)(H2,19,20,22). The molecule has 114 valence electrons. The number of nitrogen functional groups attached to an aromatic ring is 1. The third-order valence-electron chi connectivity index (χ3n) is 3.40. The third kappa shape index (κ3) is 3.35. The molecule has 0 radical (unpaired) electrons. The number of nitrogens with two attached hydrogens (primary N) is 1. The molecule has 3 N–H and O–H groups in total. The number of nitrogens with zero attached hydrogens (tertiary/aromatic N) is 2. The number of benzene rings is 2. The summed E-state index contributed by atoms with van der Waals surface area (Å²) in [6.45, 7) is 1.99. The molecule has 0 aliphatic heterocycles. The number of hydrogen-bond donors (Lipinski definition) is 2. The van der Waals surface area contributed by atoms with E-state index in [1.54, 1.807) is 0 Å². The highest BCUT2D eigenvalue weighted by Crippen LogP contribution is 2.18. The van der Waals surface area contributed by atoms with Gasteiger partial charge in [-0.25, -0.2) is 9.97 Å². The van der Waals surface area contributed by atoms with Gasteiger partial charge in [0, 0.05) is 17.4 Å². The fraction of sp³-hybridized carbons (Fsp3) is 0.0556. The summed E-state index contributed by atoms with van der Waals surface area (Å²) in [5, 5.41) is 2.79. The lowest BCUT2D eigenvalue weighted by atomic mass is 10.2. The van der Waals surface area contributed by atoms with Gasteiger partial charge in [-0.15, -0.1) is 0 Å². The predicted molar refractivity (Wildman–Crippen MR) is 91.0 cm³/mol. The van der Waals surface area contributed by atoms with Crippen LogP contribution in [0.15, 0.2) is 60.8 Å². The molecule has 1 aromatic heterocycles. The lowest BCUT2D eigenvalue weighted by Crippen LogP contribution is -2.15. The molecule has 23 heavy (non-hydrogen) atoms. The molecule has 2 aromatic carbocycles. The van der Waals surface area contributed by atoms with E-state index in [9.17, 15) is 4.79 Å². The molecule has 0 saturated heterocycles. The summed E-state index contributed by atoms with van der Waals surface area (Å²) in [5.41, 5.74) is 8.86. The molecule has 0 bridgehead atoms. The van der Waals surface area contributed by atoms with E-state index < -0.39 is 0 Å². The summed E-state index contributed by atoms with van der Waals surface area (Å²) in [7, 11) is 0. The van der Waals surface area contributed by atoms with Gasteiger partial charge in [-0.1, -0.05) is 48.0 Å². The first-order valence-corrected chi connectivity index (χ1v) is 7.19. The van der Waals surface area contributed by atoms with Crippen LogP contribution in [0.2, 0.25) is 0 Å². The fourth-order valence-electron chi connectivity index (χ4n) is 2.13. The maximum absolute atomic E-state index is 12.3. The van der Waals surface area contributed by atoms with Crippen LogP contribution in [0.5, 0.6) is 0 Å². The Morgan fingerprint density at radius 3 is 2.39 bits per heavy atom. The zero-order valence-electron chi connectivity index (χ0n) is 12.7. The summed E-state index contributed by atoms with van der Waals surface area (Å²) in [6, 6.07) is 17.0. The number of carbonyl (C=O) groups is 1. The van der Waals surface area contributed by atoms with Gasteiger partial charge in [0.15, 0.2) is 5.82 Å². The minimum atomic E-state index is -0.328. The highest BCUT2D eigenvalue weighted by Gasteiger charge is 2.13. The van der Waals surface area contributed by atoms with E-state index >= 15 is 0 Å². The van der Waals surface area contributed by atoms with Crippen molar-refractivity contribution in [2.45, 2.75) is 6.92 Å². The molecule has 5 heteroatoms. The van der Waals surface area contributed by atoms with Crippen molar-refractivity contribution >= 4 is 17.4 Å². The molecular formula is C18H16N4O. The number of aryl methyl sites for hydroxylation is 1. The molecular weight excluding hydrogens is 288 g/mol. The Morgan fingerprint density at radius 1 is 1.04 bits per heavy atom. The molecule has 5 nitrogen and oxygen atoms in total.